The van der Waals surface area contributed by atoms with Gasteiger partial charge in [-0.05, 0) is 103 Å². The molecule has 6 fully saturated rings. The summed E-state index contributed by atoms with van der Waals surface area (Å²) in [4.78, 5) is 14.4. The Morgan fingerprint density at radius 3 is 2.43 bits per heavy atom. The highest BCUT2D eigenvalue weighted by molar-refractivity contribution is 5.73. The van der Waals surface area contributed by atoms with Gasteiger partial charge < -0.3 is 19.8 Å². The third-order valence-electron chi connectivity index (χ3n) is 15.0. The molecular formula is C36H52FNO4. The molecule has 0 aromatic heterocycles. The standard InChI is InChI=1S/C36H52FNO4/c1-21-17-24(19-38(22(2)39)18-23-9-7-8-10-25(23)37)42-30-29(21)33(5)15-16-36-20-35(36)14-13-28(40)32(3,4)26(35)11-12-27(36)34(33,6)31(30)41/h7-10,21,24,26-31,40-41H,11-20H2,1-6H3. The third kappa shape index (κ3) is 3.55. The number of aliphatic hydroxyl groups excluding tert-OH is 2. The fraction of sp³-hybridized carbons (Fsp3) is 0.806. The molecule has 2 spiro atoms. The van der Waals surface area contributed by atoms with Gasteiger partial charge in [0.2, 0.25) is 5.91 Å². The molecule has 12 atom stereocenters. The molecule has 1 amide bonds. The second-order valence-electron chi connectivity index (χ2n) is 16.6. The molecule has 5 nitrogen and oxygen atoms in total. The lowest BCUT2D eigenvalue weighted by atomic mass is 9.41. The van der Waals surface area contributed by atoms with E-state index in [0.717, 1.165) is 38.5 Å². The highest BCUT2D eigenvalue weighted by atomic mass is 19.1. The largest absolute Gasteiger partial charge is 0.393 e. The third-order valence-corrected chi connectivity index (χ3v) is 15.0. The monoisotopic (exact) mass is 581 g/mol. The first kappa shape index (κ1) is 29.2. The van der Waals surface area contributed by atoms with E-state index >= 15 is 0 Å². The van der Waals surface area contributed by atoms with E-state index in [1.807, 2.05) is 0 Å². The number of rotatable bonds is 4. The molecule has 6 aliphatic rings. The minimum absolute atomic E-state index is 0.00880. The van der Waals surface area contributed by atoms with Crippen molar-refractivity contribution in [3.05, 3.63) is 35.6 Å². The molecule has 42 heavy (non-hydrogen) atoms. The van der Waals surface area contributed by atoms with Gasteiger partial charge in [0.1, 0.15) is 5.82 Å². The summed E-state index contributed by atoms with van der Waals surface area (Å²) < 4.78 is 21.3. The Labute approximate surface area is 251 Å². The number of fused-ring (bicyclic) bond motifs is 4. The van der Waals surface area contributed by atoms with Crippen LogP contribution in [0.3, 0.4) is 0 Å². The van der Waals surface area contributed by atoms with Gasteiger partial charge >= 0.3 is 0 Å². The van der Waals surface area contributed by atoms with Crippen molar-refractivity contribution < 1.29 is 24.1 Å². The van der Waals surface area contributed by atoms with Crippen LogP contribution in [0.5, 0.6) is 0 Å². The number of benzene rings is 1. The smallest absolute Gasteiger partial charge is 0.219 e. The van der Waals surface area contributed by atoms with Gasteiger partial charge in [0.15, 0.2) is 0 Å². The molecule has 1 saturated heterocycles. The lowest BCUT2D eigenvalue weighted by Gasteiger charge is -2.63. The summed E-state index contributed by atoms with van der Waals surface area (Å²) in [5, 5.41) is 23.4. The van der Waals surface area contributed by atoms with Crippen LogP contribution in [0, 0.1) is 56.6 Å². The Kier molecular flexibility index (Phi) is 6.45. The summed E-state index contributed by atoms with van der Waals surface area (Å²) >= 11 is 0. The number of hydrogen-bond donors (Lipinski definition) is 2. The zero-order valence-electron chi connectivity index (χ0n) is 26.5. The Bertz CT molecular complexity index is 1270. The van der Waals surface area contributed by atoms with Crippen molar-refractivity contribution >= 4 is 5.91 Å². The first-order valence-corrected chi connectivity index (χ1v) is 16.7. The molecule has 2 N–H and O–H groups in total. The van der Waals surface area contributed by atoms with Gasteiger partial charge in [0.25, 0.3) is 0 Å². The number of ether oxygens (including phenoxy) is 1. The zero-order chi connectivity index (χ0) is 30.0. The van der Waals surface area contributed by atoms with Crippen molar-refractivity contribution in [2.24, 2.45) is 50.7 Å². The van der Waals surface area contributed by atoms with Crippen LogP contribution in [0.2, 0.25) is 0 Å². The minimum atomic E-state index is -0.548. The van der Waals surface area contributed by atoms with Crippen molar-refractivity contribution in [2.75, 3.05) is 6.54 Å². The normalized spacial score (nSPS) is 50.0. The Balaban J connectivity index is 1.15. The molecule has 7 rings (SSSR count). The van der Waals surface area contributed by atoms with Crippen molar-refractivity contribution in [3.63, 3.8) is 0 Å². The van der Waals surface area contributed by atoms with Gasteiger partial charge in [-0.1, -0.05) is 52.8 Å². The maximum atomic E-state index is 14.5. The quantitative estimate of drug-likeness (QED) is 0.435. The van der Waals surface area contributed by atoms with Crippen LogP contribution in [0.15, 0.2) is 24.3 Å². The molecule has 5 saturated carbocycles. The highest BCUT2D eigenvalue weighted by Crippen LogP contribution is 2.89. The Morgan fingerprint density at radius 1 is 1.02 bits per heavy atom. The molecule has 1 aromatic rings. The second-order valence-corrected chi connectivity index (χ2v) is 16.6. The molecule has 1 aromatic carbocycles. The summed E-state index contributed by atoms with van der Waals surface area (Å²) in [6.07, 6.45) is 7.58. The van der Waals surface area contributed by atoms with E-state index in [2.05, 4.69) is 34.6 Å². The molecule has 12 unspecified atom stereocenters. The number of aliphatic hydroxyl groups is 2. The number of carbonyl (C=O) groups excluding carboxylic acids is 1. The highest BCUT2D eigenvalue weighted by Gasteiger charge is 2.84. The number of halogens is 1. The molecule has 232 valence electrons. The molecule has 5 aliphatic carbocycles. The van der Waals surface area contributed by atoms with Crippen LogP contribution >= 0.6 is 0 Å². The number of carbonyl (C=O) groups is 1. The fourth-order valence-corrected chi connectivity index (χ4v) is 12.9. The Morgan fingerprint density at radius 2 is 1.71 bits per heavy atom. The van der Waals surface area contributed by atoms with Gasteiger partial charge in [-0.2, -0.15) is 0 Å². The van der Waals surface area contributed by atoms with E-state index in [4.69, 9.17) is 4.74 Å². The number of hydrogen-bond acceptors (Lipinski definition) is 4. The van der Waals surface area contributed by atoms with E-state index in [9.17, 15) is 19.4 Å². The van der Waals surface area contributed by atoms with Crippen molar-refractivity contribution in [3.8, 4) is 0 Å². The van der Waals surface area contributed by atoms with Crippen LogP contribution in [0.1, 0.15) is 98.5 Å². The van der Waals surface area contributed by atoms with E-state index in [0.29, 0.717) is 35.3 Å². The molecule has 0 bridgehead atoms. The summed E-state index contributed by atoms with van der Waals surface area (Å²) in [5.74, 6) is 1.28. The van der Waals surface area contributed by atoms with Gasteiger partial charge in [-0.3, -0.25) is 4.79 Å². The van der Waals surface area contributed by atoms with E-state index < -0.39 is 6.10 Å². The average molecular weight is 582 g/mol. The predicted molar refractivity (Wildman–Crippen MR) is 160 cm³/mol. The lowest BCUT2D eigenvalue weighted by Crippen LogP contribution is -2.59. The predicted octanol–water partition coefficient (Wildman–Crippen LogP) is 6.35. The van der Waals surface area contributed by atoms with Crippen LogP contribution < -0.4 is 0 Å². The lowest BCUT2D eigenvalue weighted by molar-refractivity contribution is -0.182. The topological polar surface area (TPSA) is 70.0 Å². The molecular weight excluding hydrogens is 529 g/mol. The van der Waals surface area contributed by atoms with E-state index in [1.54, 1.807) is 30.0 Å². The summed E-state index contributed by atoms with van der Waals surface area (Å²) in [5.41, 5.74) is 0.826. The van der Waals surface area contributed by atoms with Crippen LogP contribution in [-0.4, -0.2) is 52.0 Å². The van der Waals surface area contributed by atoms with Gasteiger partial charge in [-0.25, -0.2) is 4.39 Å². The zero-order valence-corrected chi connectivity index (χ0v) is 26.5. The fourth-order valence-electron chi connectivity index (χ4n) is 12.9. The van der Waals surface area contributed by atoms with E-state index in [1.165, 1.54) is 18.9 Å². The average Bonchev–Trinajstić information content (AvgIpc) is 3.57. The van der Waals surface area contributed by atoms with Crippen LogP contribution in [-0.2, 0) is 16.1 Å². The number of amides is 1. The maximum Gasteiger partial charge on any atom is 0.219 e. The van der Waals surface area contributed by atoms with Gasteiger partial charge in [0, 0.05) is 31.0 Å². The summed E-state index contributed by atoms with van der Waals surface area (Å²) in [6, 6.07) is 6.65. The van der Waals surface area contributed by atoms with Crippen molar-refractivity contribution in [2.45, 2.75) is 124 Å². The molecule has 0 radical (unpaired) electrons. The van der Waals surface area contributed by atoms with Crippen LogP contribution in [0.4, 0.5) is 4.39 Å². The van der Waals surface area contributed by atoms with Gasteiger partial charge in [-0.15, -0.1) is 0 Å². The van der Waals surface area contributed by atoms with Crippen LogP contribution in [0.25, 0.3) is 0 Å². The summed E-state index contributed by atoms with van der Waals surface area (Å²) in [6.45, 7) is 14.0. The Hall–Kier alpha value is -1.50. The second kappa shape index (κ2) is 9.26. The first-order chi connectivity index (χ1) is 19.7. The maximum absolute atomic E-state index is 14.5. The first-order valence-electron chi connectivity index (χ1n) is 16.7. The molecule has 6 heteroatoms. The molecule has 1 heterocycles. The van der Waals surface area contributed by atoms with Gasteiger partial charge in [0.05, 0.1) is 24.4 Å². The summed E-state index contributed by atoms with van der Waals surface area (Å²) in [7, 11) is 0. The SMILES string of the molecule is CC(=O)N(Cc1ccccc1F)CC1CC(C)C2C(O1)C(O)C1(C)C3CCC4C(C)(C)C(O)CCC45CC35CCC21C. The number of nitrogens with zero attached hydrogens (tertiary/aromatic N) is 1. The van der Waals surface area contributed by atoms with Crippen molar-refractivity contribution in [1.82, 2.24) is 4.90 Å². The van der Waals surface area contributed by atoms with Crippen molar-refractivity contribution in [1.29, 1.82) is 0 Å². The molecule has 1 aliphatic heterocycles. The minimum Gasteiger partial charge on any atom is -0.393 e. The van der Waals surface area contributed by atoms with E-state index in [-0.39, 0.29) is 64.2 Å².